The molecule has 3 rings (SSSR count). The molecule has 0 saturated carbocycles. The van der Waals surface area contributed by atoms with Crippen LogP contribution >= 0.6 is 11.6 Å². The molecule has 6 nitrogen and oxygen atoms in total. The van der Waals surface area contributed by atoms with E-state index in [1.807, 2.05) is 26.0 Å². The Balaban J connectivity index is 1.69. The highest BCUT2D eigenvalue weighted by Crippen LogP contribution is 2.31. The Morgan fingerprint density at radius 3 is 2.78 bits per heavy atom. The molecule has 0 aliphatic rings. The topological polar surface area (TPSA) is 79.8 Å². The molecule has 0 spiro atoms. The van der Waals surface area contributed by atoms with E-state index in [0.717, 1.165) is 27.7 Å². The summed E-state index contributed by atoms with van der Waals surface area (Å²) in [4.78, 5) is 31.8. The molecule has 2 N–H and O–H groups in total. The molecule has 1 amide bonds. The molecule has 0 bridgehead atoms. The Labute approximate surface area is 162 Å². The van der Waals surface area contributed by atoms with Crippen LogP contribution < -0.4 is 10.9 Å². The lowest BCUT2D eigenvalue weighted by Gasteiger charge is -2.08. The van der Waals surface area contributed by atoms with E-state index >= 15 is 0 Å². The van der Waals surface area contributed by atoms with Gasteiger partial charge in [0.15, 0.2) is 0 Å². The van der Waals surface area contributed by atoms with Crippen LogP contribution in [0.4, 0.5) is 0 Å². The predicted molar refractivity (Wildman–Crippen MR) is 107 cm³/mol. The number of nitrogens with one attached hydrogen (secondary N) is 2. The average molecular weight is 387 g/mol. The van der Waals surface area contributed by atoms with Crippen LogP contribution in [-0.2, 0) is 24.7 Å². The fraction of sp³-hybridized carbons (Fsp3) is 0.350. The highest BCUT2D eigenvalue weighted by molar-refractivity contribution is 6.35. The van der Waals surface area contributed by atoms with Gasteiger partial charge in [0.2, 0.25) is 5.91 Å². The van der Waals surface area contributed by atoms with Crippen LogP contribution in [0.1, 0.15) is 28.1 Å². The molecule has 3 aromatic rings. The van der Waals surface area contributed by atoms with Crippen molar-refractivity contribution >= 4 is 28.4 Å². The minimum atomic E-state index is -0.154. The molecule has 0 unspecified atom stereocenters. The molecule has 0 atom stereocenters. The van der Waals surface area contributed by atoms with Gasteiger partial charge in [0.25, 0.3) is 5.56 Å². The fourth-order valence-electron chi connectivity index (χ4n) is 3.31. The predicted octanol–water partition coefficient (Wildman–Crippen LogP) is 2.74. The third-order valence-corrected chi connectivity index (χ3v) is 5.23. The van der Waals surface area contributed by atoms with Gasteiger partial charge in [-0.2, -0.15) is 0 Å². The van der Waals surface area contributed by atoms with E-state index in [1.165, 1.54) is 10.9 Å². The molecule has 27 heavy (non-hydrogen) atoms. The maximum atomic E-state index is 12.3. The maximum absolute atomic E-state index is 12.3. The summed E-state index contributed by atoms with van der Waals surface area (Å²) in [5, 5.41) is 4.64. The van der Waals surface area contributed by atoms with Gasteiger partial charge in [0.05, 0.1) is 29.0 Å². The molecule has 7 heteroatoms. The monoisotopic (exact) mass is 386 g/mol. The number of benzene rings is 1. The van der Waals surface area contributed by atoms with Gasteiger partial charge in [-0.1, -0.05) is 17.7 Å². The maximum Gasteiger partial charge on any atom is 0.256 e. The van der Waals surface area contributed by atoms with E-state index in [0.29, 0.717) is 29.2 Å². The third kappa shape index (κ3) is 3.76. The van der Waals surface area contributed by atoms with Gasteiger partial charge in [-0.3, -0.25) is 9.59 Å². The van der Waals surface area contributed by atoms with Crippen molar-refractivity contribution < 1.29 is 4.79 Å². The standard InChI is InChI=1S/C20H23ClN4O2/c1-11-5-6-15(21)18-14(13(3)24-19(11)18)7-8-22-17(26)9-16-12(2)20(27)25(4)10-23-16/h5-6,10,24H,7-9H2,1-4H3,(H,22,26). The summed E-state index contributed by atoms with van der Waals surface area (Å²) in [7, 11) is 1.64. The number of aromatic nitrogens is 3. The lowest BCUT2D eigenvalue weighted by Crippen LogP contribution is -2.30. The highest BCUT2D eigenvalue weighted by Gasteiger charge is 2.14. The first-order chi connectivity index (χ1) is 12.8. The second kappa shape index (κ2) is 7.56. The van der Waals surface area contributed by atoms with Crippen LogP contribution in [0.2, 0.25) is 5.02 Å². The zero-order valence-corrected chi connectivity index (χ0v) is 16.7. The van der Waals surface area contributed by atoms with Gasteiger partial charge in [-0.25, -0.2) is 4.98 Å². The van der Waals surface area contributed by atoms with Gasteiger partial charge >= 0.3 is 0 Å². The lowest BCUT2D eigenvalue weighted by molar-refractivity contribution is -0.120. The normalized spacial score (nSPS) is 11.1. The van der Waals surface area contributed by atoms with E-state index in [-0.39, 0.29) is 17.9 Å². The summed E-state index contributed by atoms with van der Waals surface area (Å²) in [5.74, 6) is -0.154. The minimum absolute atomic E-state index is 0.0919. The van der Waals surface area contributed by atoms with Crippen LogP contribution in [0, 0.1) is 20.8 Å². The summed E-state index contributed by atoms with van der Waals surface area (Å²) in [6.07, 6.45) is 2.20. The Kier molecular flexibility index (Phi) is 5.37. The number of aryl methyl sites for hydroxylation is 3. The van der Waals surface area contributed by atoms with Gasteiger partial charge in [-0.05, 0) is 44.4 Å². The summed E-state index contributed by atoms with van der Waals surface area (Å²) in [6.45, 7) is 6.23. The molecular formula is C20H23ClN4O2. The van der Waals surface area contributed by atoms with Crippen molar-refractivity contribution in [3.8, 4) is 0 Å². The van der Waals surface area contributed by atoms with Gasteiger partial charge in [0, 0.05) is 30.2 Å². The SMILES string of the molecule is Cc1[nH]c2c(C)ccc(Cl)c2c1CCNC(=O)Cc1ncn(C)c(=O)c1C. The Morgan fingerprint density at radius 1 is 1.30 bits per heavy atom. The van der Waals surface area contributed by atoms with Gasteiger partial charge < -0.3 is 14.9 Å². The molecule has 0 aliphatic carbocycles. The van der Waals surface area contributed by atoms with Crippen molar-refractivity contribution in [1.29, 1.82) is 0 Å². The van der Waals surface area contributed by atoms with Crippen molar-refractivity contribution in [1.82, 2.24) is 19.9 Å². The second-order valence-corrected chi connectivity index (χ2v) is 7.26. The van der Waals surface area contributed by atoms with Crippen LogP contribution in [0.25, 0.3) is 10.9 Å². The lowest BCUT2D eigenvalue weighted by atomic mass is 10.1. The first-order valence-corrected chi connectivity index (χ1v) is 9.21. The zero-order chi connectivity index (χ0) is 19.7. The smallest absolute Gasteiger partial charge is 0.256 e. The number of amides is 1. The van der Waals surface area contributed by atoms with E-state index in [1.54, 1.807) is 14.0 Å². The van der Waals surface area contributed by atoms with Crippen LogP contribution in [0.3, 0.4) is 0 Å². The second-order valence-electron chi connectivity index (χ2n) is 6.85. The van der Waals surface area contributed by atoms with Gasteiger partial charge in [-0.15, -0.1) is 0 Å². The summed E-state index contributed by atoms with van der Waals surface area (Å²) >= 11 is 6.39. The van der Waals surface area contributed by atoms with Crippen LogP contribution in [0.5, 0.6) is 0 Å². The fourth-order valence-corrected chi connectivity index (χ4v) is 3.59. The first-order valence-electron chi connectivity index (χ1n) is 8.83. The number of carbonyl (C=O) groups is 1. The molecular weight excluding hydrogens is 364 g/mol. The average Bonchev–Trinajstić information content (AvgIpc) is 2.97. The number of nitrogens with zero attached hydrogens (tertiary/aromatic N) is 2. The number of hydrogen-bond acceptors (Lipinski definition) is 3. The van der Waals surface area contributed by atoms with E-state index < -0.39 is 0 Å². The van der Waals surface area contributed by atoms with Crippen molar-refractivity contribution in [2.75, 3.05) is 6.54 Å². The number of carbonyl (C=O) groups excluding carboxylic acids is 1. The van der Waals surface area contributed by atoms with E-state index in [4.69, 9.17) is 11.6 Å². The van der Waals surface area contributed by atoms with E-state index in [2.05, 4.69) is 15.3 Å². The minimum Gasteiger partial charge on any atom is -0.358 e. The van der Waals surface area contributed by atoms with Crippen molar-refractivity contribution in [2.24, 2.45) is 7.05 Å². The van der Waals surface area contributed by atoms with Crippen LogP contribution in [0.15, 0.2) is 23.3 Å². The van der Waals surface area contributed by atoms with E-state index in [9.17, 15) is 9.59 Å². The quantitative estimate of drug-likeness (QED) is 0.707. The van der Waals surface area contributed by atoms with Crippen LogP contribution in [-0.4, -0.2) is 27.0 Å². The first kappa shape index (κ1) is 19.2. The number of hydrogen-bond donors (Lipinski definition) is 2. The summed E-state index contributed by atoms with van der Waals surface area (Å²) in [6, 6.07) is 3.89. The zero-order valence-electron chi connectivity index (χ0n) is 15.9. The Bertz CT molecular complexity index is 1080. The molecule has 1 aromatic carbocycles. The summed E-state index contributed by atoms with van der Waals surface area (Å²) in [5.41, 5.74) is 5.23. The number of halogens is 1. The van der Waals surface area contributed by atoms with Crippen molar-refractivity contribution in [3.05, 3.63) is 61.9 Å². The molecule has 2 heterocycles. The molecule has 142 valence electrons. The summed E-state index contributed by atoms with van der Waals surface area (Å²) < 4.78 is 1.41. The Morgan fingerprint density at radius 2 is 2.04 bits per heavy atom. The Hall–Kier alpha value is -2.60. The number of fused-ring (bicyclic) bond motifs is 1. The van der Waals surface area contributed by atoms with Crippen molar-refractivity contribution in [3.63, 3.8) is 0 Å². The molecule has 0 radical (unpaired) electrons. The molecule has 2 aromatic heterocycles. The number of H-pyrrole nitrogens is 1. The van der Waals surface area contributed by atoms with Gasteiger partial charge in [0.1, 0.15) is 0 Å². The number of aromatic amines is 1. The van der Waals surface area contributed by atoms with Crippen molar-refractivity contribution in [2.45, 2.75) is 33.6 Å². The molecule has 0 fully saturated rings. The molecule has 0 saturated heterocycles. The highest BCUT2D eigenvalue weighted by atomic mass is 35.5. The molecule has 0 aliphatic heterocycles. The largest absolute Gasteiger partial charge is 0.358 e. The third-order valence-electron chi connectivity index (χ3n) is 4.92. The number of rotatable bonds is 5.